The van der Waals surface area contributed by atoms with Crippen LogP contribution in [0.4, 0.5) is 16.7 Å². The lowest BCUT2D eigenvalue weighted by atomic mass is 10.4. The highest BCUT2D eigenvalue weighted by Crippen LogP contribution is 2.10. The third-order valence-electron chi connectivity index (χ3n) is 2.16. The lowest BCUT2D eigenvalue weighted by molar-refractivity contribution is 0.150. The maximum absolute atomic E-state index is 11.2. The Hall–Kier alpha value is -1.83. The molecule has 0 bridgehead atoms. The molecule has 0 fully saturated rings. The van der Waals surface area contributed by atoms with Gasteiger partial charge in [0, 0.05) is 12.6 Å². The van der Waals surface area contributed by atoms with Crippen LogP contribution in [-0.4, -0.2) is 46.8 Å². The topological polar surface area (TPSA) is 101 Å². The summed E-state index contributed by atoms with van der Waals surface area (Å²) in [5.41, 5.74) is 0. The highest BCUT2D eigenvalue weighted by molar-refractivity contribution is 6.28. The molecule has 9 heteroatoms. The minimum atomic E-state index is -0.436. The van der Waals surface area contributed by atoms with Crippen LogP contribution < -0.4 is 16.0 Å². The predicted octanol–water partition coefficient (Wildman–Crippen LogP) is 1.89. The number of alkyl carbamates (subject to hydrolysis) is 1. The van der Waals surface area contributed by atoms with Crippen molar-refractivity contribution < 1.29 is 9.53 Å². The first-order valence-corrected chi connectivity index (χ1v) is 7.21. The van der Waals surface area contributed by atoms with Gasteiger partial charge in [-0.3, -0.25) is 0 Å². The molecule has 1 aromatic heterocycles. The van der Waals surface area contributed by atoms with E-state index in [4.69, 9.17) is 16.3 Å². The molecule has 0 spiro atoms. The van der Waals surface area contributed by atoms with E-state index in [9.17, 15) is 4.79 Å². The Balaban J connectivity index is 2.37. The number of nitrogens with zero attached hydrogens (tertiary/aromatic N) is 3. The maximum Gasteiger partial charge on any atom is 0.407 e. The number of anilines is 2. The molecule has 3 N–H and O–H groups in total. The van der Waals surface area contributed by atoms with E-state index < -0.39 is 6.09 Å². The largest absolute Gasteiger partial charge is 0.448 e. The van der Waals surface area contributed by atoms with Crippen LogP contribution in [0.2, 0.25) is 5.28 Å². The Morgan fingerprint density at radius 2 is 1.95 bits per heavy atom. The summed E-state index contributed by atoms with van der Waals surface area (Å²) in [6.07, 6.45) is 0.428. The van der Waals surface area contributed by atoms with E-state index in [0.717, 1.165) is 6.42 Å². The van der Waals surface area contributed by atoms with Gasteiger partial charge in [-0.15, -0.1) is 0 Å². The van der Waals surface area contributed by atoms with Crippen molar-refractivity contribution in [3.63, 3.8) is 0 Å². The number of ether oxygens (including phenoxy) is 1. The Morgan fingerprint density at radius 3 is 2.62 bits per heavy atom. The fraction of sp³-hybridized carbons (Fsp3) is 0.667. The van der Waals surface area contributed by atoms with Gasteiger partial charge in [0.2, 0.25) is 17.2 Å². The number of carbonyl (C=O) groups is 1. The summed E-state index contributed by atoms with van der Waals surface area (Å²) in [6.45, 7) is 7.07. The molecule has 0 unspecified atom stereocenters. The molecule has 0 radical (unpaired) electrons. The quantitative estimate of drug-likeness (QED) is 0.629. The van der Waals surface area contributed by atoms with Gasteiger partial charge in [0.1, 0.15) is 6.61 Å². The van der Waals surface area contributed by atoms with Crippen molar-refractivity contribution in [2.24, 2.45) is 0 Å². The molecular formula is C12H21ClN6O2. The van der Waals surface area contributed by atoms with Crippen molar-refractivity contribution in [3.05, 3.63) is 5.28 Å². The van der Waals surface area contributed by atoms with Crippen LogP contribution in [0.25, 0.3) is 0 Å². The van der Waals surface area contributed by atoms with Crippen molar-refractivity contribution in [1.82, 2.24) is 20.3 Å². The van der Waals surface area contributed by atoms with Gasteiger partial charge < -0.3 is 20.7 Å². The van der Waals surface area contributed by atoms with Crippen LogP contribution in [0, 0.1) is 0 Å². The van der Waals surface area contributed by atoms with E-state index in [2.05, 4.69) is 30.9 Å². The van der Waals surface area contributed by atoms with Crippen LogP contribution in [0.5, 0.6) is 0 Å². The highest BCUT2D eigenvalue weighted by atomic mass is 35.5. The van der Waals surface area contributed by atoms with E-state index in [-0.39, 0.29) is 17.9 Å². The summed E-state index contributed by atoms with van der Waals surface area (Å²) in [5.74, 6) is 0.727. The Kier molecular flexibility index (Phi) is 7.52. The number of nitrogens with one attached hydrogen (secondary N) is 3. The van der Waals surface area contributed by atoms with Crippen LogP contribution in [0.15, 0.2) is 0 Å². The lowest BCUT2D eigenvalue weighted by Crippen LogP contribution is -2.27. The molecule has 1 rings (SSSR count). The van der Waals surface area contributed by atoms with Crippen molar-refractivity contribution in [3.8, 4) is 0 Å². The predicted molar refractivity (Wildman–Crippen MR) is 81.7 cm³/mol. The summed E-state index contributed by atoms with van der Waals surface area (Å²) in [6, 6.07) is 0.182. The minimum Gasteiger partial charge on any atom is -0.448 e. The number of hydrogen-bond donors (Lipinski definition) is 3. The van der Waals surface area contributed by atoms with E-state index >= 15 is 0 Å². The molecule has 0 aliphatic carbocycles. The van der Waals surface area contributed by atoms with Gasteiger partial charge in [0.25, 0.3) is 0 Å². The molecule has 8 nitrogen and oxygen atoms in total. The first kappa shape index (κ1) is 17.2. The number of carbonyl (C=O) groups excluding carboxylic acids is 1. The third-order valence-corrected chi connectivity index (χ3v) is 2.33. The SMILES string of the molecule is CCCNC(=O)OCCNc1nc(Cl)nc(NC(C)C)n1. The van der Waals surface area contributed by atoms with Crippen LogP contribution in [0.3, 0.4) is 0 Å². The second-order valence-corrected chi connectivity index (χ2v) is 4.88. The molecule has 1 aromatic rings. The Labute approximate surface area is 129 Å². The molecule has 0 saturated carbocycles. The van der Waals surface area contributed by atoms with Gasteiger partial charge in [0.15, 0.2) is 0 Å². The molecule has 0 atom stereocenters. The molecule has 0 saturated heterocycles. The second-order valence-electron chi connectivity index (χ2n) is 4.54. The molecule has 118 valence electrons. The summed E-state index contributed by atoms with van der Waals surface area (Å²) < 4.78 is 4.96. The number of rotatable bonds is 8. The zero-order valence-corrected chi connectivity index (χ0v) is 13.2. The molecule has 1 heterocycles. The fourth-order valence-corrected chi connectivity index (χ4v) is 1.50. The summed E-state index contributed by atoms with van der Waals surface area (Å²) in [5, 5.41) is 8.66. The summed E-state index contributed by atoms with van der Waals surface area (Å²) in [4.78, 5) is 23.3. The molecule has 0 aliphatic heterocycles. The van der Waals surface area contributed by atoms with E-state index in [1.807, 2.05) is 20.8 Å². The minimum absolute atomic E-state index is 0.0947. The standard InChI is InChI=1S/C12H21ClN6O2/c1-4-5-15-12(20)21-7-6-14-10-17-9(13)18-11(19-10)16-8(2)3/h8H,4-7H2,1-3H3,(H,15,20)(H2,14,16,17,18,19). The number of aromatic nitrogens is 3. The maximum atomic E-state index is 11.2. The average Bonchev–Trinajstić information content (AvgIpc) is 2.40. The molecule has 21 heavy (non-hydrogen) atoms. The summed E-state index contributed by atoms with van der Waals surface area (Å²) in [7, 11) is 0. The van der Waals surface area contributed by atoms with Gasteiger partial charge in [-0.2, -0.15) is 15.0 Å². The molecule has 0 aromatic carbocycles. The molecule has 1 amide bonds. The van der Waals surface area contributed by atoms with Crippen molar-refractivity contribution in [1.29, 1.82) is 0 Å². The van der Waals surface area contributed by atoms with E-state index in [0.29, 0.717) is 25.0 Å². The Bertz CT molecular complexity index is 457. The van der Waals surface area contributed by atoms with Gasteiger partial charge in [-0.05, 0) is 31.9 Å². The monoisotopic (exact) mass is 316 g/mol. The zero-order valence-electron chi connectivity index (χ0n) is 12.4. The zero-order chi connectivity index (χ0) is 15.7. The highest BCUT2D eigenvalue weighted by Gasteiger charge is 2.06. The first-order chi connectivity index (χ1) is 10.0. The van der Waals surface area contributed by atoms with Crippen LogP contribution in [-0.2, 0) is 4.74 Å². The number of amides is 1. The molecule has 0 aliphatic rings. The number of hydrogen-bond acceptors (Lipinski definition) is 7. The molecular weight excluding hydrogens is 296 g/mol. The van der Waals surface area contributed by atoms with Gasteiger partial charge in [0.05, 0.1) is 6.54 Å². The van der Waals surface area contributed by atoms with E-state index in [1.165, 1.54) is 0 Å². The van der Waals surface area contributed by atoms with Crippen molar-refractivity contribution in [2.45, 2.75) is 33.2 Å². The third kappa shape index (κ3) is 7.50. The summed E-state index contributed by atoms with van der Waals surface area (Å²) >= 11 is 5.82. The van der Waals surface area contributed by atoms with Crippen molar-refractivity contribution >= 4 is 29.6 Å². The van der Waals surface area contributed by atoms with Crippen LogP contribution >= 0.6 is 11.6 Å². The first-order valence-electron chi connectivity index (χ1n) is 6.84. The second kappa shape index (κ2) is 9.17. The van der Waals surface area contributed by atoms with Crippen molar-refractivity contribution in [2.75, 3.05) is 30.3 Å². The lowest BCUT2D eigenvalue weighted by Gasteiger charge is -2.10. The van der Waals surface area contributed by atoms with Crippen LogP contribution in [0.1, 0.15) is 27.2 Å². The normalized spacial score (nSPS) is 10.3. The van der Waals surface area contributed by atoms with Gasteiger partial charge in [-0.1, -0.05) is 6.92 Å². The van der Waals surface area contributed by atoms with Gasteiger partial charge >= 0.3 is 6.09 Å². The average molecular weight is 317 g/mol. The van der Waals surface area contributed by atoms with Gasteiger partial charge in [-0.25, -0.2) is 4.79 Å². The fourth-order valence-electron chi connectivity index (χ4n) is 1.34. The Morgan fingerprint density at radius 1 is 1.24 bits per heavy atom. The number of halogens is 1. The van der Waals surface area contributed by atoms with E-state index in [1.54, 1.807) is 0 Å². The smallest absolute Gasteiger partial charge is 0.407 e.